The Morgan fingerprint density at radius 3 is 2.84 bits per heavy atom. The molecule has 100 valence electrons. The molecule has 0 radical (unpaired) electrons. The van der Waals surface area contributed by atoms with Crippen molar-refractivity contribution in [3.05, 3.63) is 35.6 Å². The first-order valence-corrected chi connectivity index (χ1v) is 6.98. The zero-order chi connectivity index (χ0) is 13.1. The predicted octanol–water partition coefficient (Wildman–Crippen LogP) is 3.17. The summed E-state index contributed by atoms with van der Waals surface area (Å²) in [6.07, 6.45) is 3.60. The zero-order valence-corrected chi connectivity index (χ0v) is 11.4. The second kappa shape index (κ2) is 5.72. The van der Waals surface area contributed by atoms with E-state index in [2.05, 4.69) is 10.2 Å². The molecule has 4 nitrogen and oxygen atoms in total. The number of halogens is 1. The highest BCUT2D eigenvalue weighted by molar-refractivity contribution is 6.28. The summed E-state index contributed by atoms with van der Waals surface area (Å²) in [7, 11) is 0. The van der Waals surface area contributed by atoms with Gasteiger partial charge in [-0.2, -0.15) is 0 Å². The van der Waals surface area contributed by atoms with Crippen molar-refractivity contribution in [1.29, 1.82) is 0 Å². The lowest BCUT2D eigenvalue weighted by Crippen LogP contribution is -2.11. The van der Waals surface area contributed by atoms with Gasteiger partial charge in [0, 0.05) is 18.7 Å². The molecule has 1 aliphatic heterocycles. The van der Waals surface area contributed by atoms with Gasteiger partial charge in [0.25, 0.3) is 0 Å². The number of hydrogen-bond donors (Lipinski definition) is 0. The Morgan fingerprint density at radius 2 is 2.11 bits per heavy atom. The average Bonchev–Trinajstić information content (AvgIpc) is 3.07. The van der Waals surface area contributed by atoms with Gasteiger partial charge in [-0.1, -0.05) is 30.3 Å². The van der Waals surface area contributed by atoms with Gasteiger partial charge in [-0.3, -0.25) is 4.57 Å². The van der Waals surface area contributed by atoms with Gasteiger partial charge in [-0.25, -0.2) is 0 Å². The minimum Gasteiger partial charge on any atom is -0.378 e. The molecule has 1 aromatic carbocycles. The van der Waals surface area contributed by atoms with Crippen LogP contribution in [0.3, 0.4) is 0 Å². The molecule has 0 N–H and O–H groups in total. The molecule has 3 rings (SSSR count). The van der Waals surface area contributed by atoms with Crippen molar-refractivity contribution in [2.45, 2.75) is 31.9 Å². The van der Waals surface area contributed by atoms with Crippen molar-refractivity contribution >= 4 is 11.6 Å². The van der Waals surface area contributed by atoms with Crippen LogP contribution in [-0.4, -0.2) is 27.5 Å². The first kappa shape index (κ1) is 12.6. The van der Waals surface area contributed by atoms with Crippen LogP contribution >= 0.6 is 11.6 Å². The molecule has 0 amide bonds. The van der Waals surface area contributed by atoms with Crippen LogP contribution < -0.4 is 0 Å². The Morgan fingerprint density at radius 1 is 1.26 bits per heavy atom. The highest BCUT2D eigenvalue weighted by atomic mass is 35.5. The van der Waals surface area contributed by atoms with Crippen LogP contribution in [0.5, 0.6) is 0 Å². The summed E-state index contributed by atoms with van der Waals surface area (Å²) in [5, 5.41) is 8.59. The Labute approximate surface area is 117 Å². The predicted molar refractivity (Wildman–Crippen MR) is 74.1 cm³/mol. The SMILES string of the molecule is Clc1nnc(-c2ccccc2)n1CCC1CCCO1. The molecule has 0 aliphatic carbocycles. The molecule has 1 saturated heterocycles. The van der Waals surface area contributed by atoms with Crippen molar-refractivity contribution in [1.82, 2.24) is 14.8 Å². The van der Waals surface area contributed by atoms with E-state index >= 15 is 0 Å². The van der Waals surface area contributed by atoms with Gasteiger partial charge in [0.1, 0.15) is 0 Å². The van der Waals surface area contributed by atoms with Crippen LogP contribution in [0.25, 0.3) is 11.4 Å². The number of nitrogens with zero attached hydrogens (tertiary/aromatic N) is 3. The Kier molecular flexibility index (Phi) is 3.80. The van der Waals surface area contributed by atoms with E-state index in [4.69, 9.17) is 16.3 Å². The molecule has 1 unspecified atom stereocenters. The second-order valence-electron chi connectivity index (χ2n) is 4.73. The summed E-state index contributed by atoms with van der Waals surface area (Å²) in [6, 6.07) is 9.99. The molecular weight excluding hydrogens is 262 g/mol. The third kappa shape index (κ3) is 2.80. The van der Waals surface area contributed by atoms with E-state index in [1.54, 1.807) is 0 Å². The molecule has 1 fully saturated rings. The highest BCUT2D eigenvalue weighted by Crippen LogP contribution is 2.23. The topological polar surface area (TPSA) is 39.9 Å². The normalized spacial score (nSPS) is 18.9. The third-order valence-corrected chi connectivity index (χ3v) is 3.72. The molecule has 5 heteroatoms. The van der Waals surface area contributed by atoms with E-state index in [9.17, 15) is 0 Å². The number of rotatable bonds is 4. The quantitative estimate of drug-likeness (QED) is 0.862. The lowest BCUT2D eigenvalue weighted by atomic mass is 10.1. The van der Waals surface area contributed by atoms with Crippen LogP contribution in [0.2, 0.25) is 5.28 Å². The maximum absolute atomic E-state index is 6.13. The van der Waals surface area contributed by atoms with Crippen LogP contribution in [0.1, 0.15) is 19.3 Å². The Balaban J connectivity index is 1.78. The minimum atomic E-state index is 0.349. The first-order chi connectivity index (χ1) is 9.34. The molecule has 1 atom stereocenters. The van der Waals surface area contributed by atoms with Crippen LogP contribution in [0.4, 0.5) is 0 Å². The number of aromatic nitrogens is 3. The lowest BCUT2D eigenvalue weighted by molar-refractivity contribution is 0.100. The van der Waals surface area contributed by atoms with Crippen LogP contribution in [0.15, 0.2) is 30.3 Å². The molecule has 0 bridgehead atoms. The van der Waals surface area contributed by atoms with E-state index in [0.29, 0.717) is 11.4 Å². The van der Waals surface area contributed by atoms with Gasteiger partial charge < -0.3 is 4.74 Å². The van der Waals surface area contributed by atoms with Crippen LogP contribution in [-0.2, 0) is 11.3 Å². The standard InChI is InChI=1S/C14H16ClN3O/c15-14-17-16-13(11-5-2-1-3-6-11)18(14)9-8-12-7-4-10-19-12/h1-3,5-6,12H,4,7-10H2. The second-order valence-corrected chi connectivity index (χ2v) is 5.07. The first-order valence-electron chi connectivity index (χ1n) is 6.60. The molecule has 1 aromatic heterocycles. The number of benzene rings is 1. The van der Waals surface area contributed by atoms with Gasteiger partial charge in [0.2, 0.25) is 5.28 Å². The Hall–Kier alpha value is -1.39. The summed E-state index contributed by atoms with van der Waals surface area (Å²) < 4.78 is 7.60. The fourth-order valence-electron chi connectivity index (χ4n) is 2.43. The summed E-state index contributed by atoms with van der Waals surface area (Å²) in [5.74, 6) is 0.823. The highest BCUT2D eigenvalue weighted by Gasteiger charge is 2.18. The molecular formula is C14H16ClN3O. The molecule has 0 saturated carbocycles. The van der Waals surface area contributed by atoms with E-state index in [1.807, 2.05) is 34.9 Å². The van der Waals surface area contributed by atoms with Crippen LogP contribution in [0, 0.1) is 0 Å². The number of hydrogen-bond acceptors (Lipinski definition) is 3. The maximum Gasteiger partial charge on any atom is 0.225 e. The van der Waals surface area contributed by atoms with E-state index in [1.165, 1.54) is 0 Å². The third-order valence-electron chi connectivity index (χ3n) is 3.44. The summed E-state index contributed by atoms with van der Waals surface area (Å²) >= 11 is 6.13. The van der Waals surface area contributed by atoms with E-state index in [0.717, 1.165) is 43.8 Å². The monoisotopic (exact) mass is 277 g/mol. The van der Waals surface area contributed by atoms with E-state index < -0.39 is 0 Å². The van der Waals surface area contributed by atoms with E-state index in [-0.39, 0.29) is 0 Å². The zero-order valence-electron chi connectivity index (χ0n) is 10.6. The van der Waals surface area contributed by atoms with Crippen molar-refractivity contribution in [2.75, 3.05) is 6.61 Å². The Bertz CT molecular complexity index is 535. The van der Waals surface area contributed by atoms with Crippen molar-refractivity contribution in [3.63, 3.8) is 0 Å². The van der Waals surface area contributed by atoms with Gasteiger partial charge >= 0.3 is 0 Å². The lowest BCUT2D eigenvalue weighted by Gasteiger charge is -2.11. The summed E-state index contributed by atoms with van der Waals surface area (Å²) in [5.41, 5.74) is 1.04. The summed E-state index contributed by atoms with van der Waals surface area (Å²) in [6.45, 7) is 1.67. The van der Waals surface area contributed by atoms with Crippen molar-refractivity contribution < 1.29 is 4.74 Å². The molecule has 2 heterocycles. The maximum atomic E-state index is 6.13. The van der Waals surface area contributed by atoms with Gasteiger partial charge in [0.05, 0.1) is 6.10 Å². The molecule has 1 aliphatic rings. The van der Waals surface area contributed by atoms with Crippen molar-refractivity contribution in [2.24, 2.45) is 0 Å². The molecule has 19 heavy (non-hydrogen) atoms. The van der Waals surface area contributed by atoms with Gasteiger partial charge in [-0.15, -0.1) is 10.2 Å². The fraction of sp³-hybridized carbons (Fsp3) is 0.429. The molecule has 2 aromatic rings. The van der Waals surface area contributed by atoms with Gasteiger partial charge in [0.15, 0.2) is 5.82 Å². The van der Waals surface area contributed by atoms with Gasteiger partial charge in [-0.05, 0) is 30.9 Å². The molecule has 0 spiro atoms. The minimum absolute atomic E-state index is 0.349. The smallest absolute Gasteiger partial charge is 0.225 e. The average molecular weight is 278 g/mol. The summed E-state index contributed by atoms with van der Waals surface area (Å²) in [4.78, 5) is 0. The largest absolute Gasteiger partial charge is 0.378 e. The fourth-order valence-corrected chi connectivity index (χ4v) is 2.63. The number of ether oxygens (including phenoxy) is 1. The van der Waals surface area contributed by atoms with Crippen molar-refractivity contribution in [3.8, 4) is 11.4 Å².